The van der Waals surface area contributed by atoms with E-state index in [4.69, 9.17) is 28.3 Å². The van der Waals surface area contributed by atoms with Crippen molar-refractivity contribution in [3.8, 4) is 5.75 Å². The van der Waals surface area contributed by atoms with Crippen LogP contribution < -0.4 is 0 Å². The molecule has 0 amide bonds. The van der Waals surface area contributed by atoms with Gasteiger partial charge in [-0.1, -0.05) is 35.0 Å². The number of aromatic hydroxyl groups is 1. The molecule has 0 aromatic carbocycles. The standard InChI is InChI=1S/C5H4Cl2N2OS/c1-11-5-8-3(6)2(10)4(7)9-5/h10H,1H3. The van der Waals surface area contributed by atoms with Gasteiger partial charge in [-0.2, -0.15) is 0 Å². The molecule has 0 aliphatic rings. The Balaban J connectivity index is 3.21. The van der Waals surface area contributed by atoms with Crippen molar-refractivity contribution in [2.45, 2.75) is 5.16 Å². The minimum absolute atomic E-state index is 0.0191. The fraction of sp³-hybridized carbons (Fsp3) is 0.200. The second kappa shape index (κ2) is 3.47. The summed E-state index contributed by atoms with van der Waals surface area (Å²) in [6, 6.07) is 0. The van der Waals surface area contributed by atoms with Crippen LogP contribution in [0.3, 0.4) is 0 Å². The maximum Gasteiger partial charge on any atom is 0.191 e. The maximum absolute atomic E-state index is 9.03. The van der Waals surface area contributed by atoms with Gasteiger partial charge >= 0.3 is 0 Å². The first-order chi connectivity index (χ1) is 5.15. The van der Waals surface area contributed by atoms with E-state index >= 15 is 0 Å². The van der Waals surface area contributed by atoms with Crippen LogP contribution in [0.4, 0.5) is 0 Å². The molecule has 0 aliphatic heterocycles. The second-order valence-corrected chi connectivity index (χ2v) is 3.13. The zero-order valence-corrected chi connectivity index (χ0v) is 7.83. The van der Waals surface area contributed by atoms with Crippen LogP contribution >= 0.6 is 35.0 Å². The van der Waals surface area contributed by atoms with Crippen LogP contribution in [-0.2, 0) is 0 Å². The number of halogens is 2. The third kappa shape index (κ3) is 1.89. The average molecular weight is 211 g/mol. The fourth-order valence-corrected chi connectivity index (χ4v) is 1.33. The molecule has 1 rings (SSSR count). The average Bonchev–Trinajstić information content (AvgIpc) is 1.99. The van der Waals surface area contributed by atoms with E-state index in [1.165, 1.54) is 11.8 Å². The van der Waals surface area contributed by atoms with Gasteiger partial charge in [0, 0.05) is 0 Å². The number of aromatic nitrogens is 2. The molecular formula is C5H4Cl2N2OS. The van der Waals surface area contributed by atoms with E-state index in [-0.39, 0.29) is 16.1 Å². The molecule has 11 heavy (non-hydrogen) atoms. The highest BCUT2D eigenvalue weighted by Crippen LogP contribution is 2.29. The van der Waals surface area contributed by atoms with E-state index in [1.807, 2.05) is 0 Å². The van der Waals surface area contributed by atoms with Crippen molar-refractivity contribution in [1.29, 1.82) is 0 Å². The molecular weight excluding hydrogens is 207 g/mol. The molecule has 0 unspecified atom stereocenters. The van der Waals surface area contributed by atoms with Gasteiger partial charge in [0.25, 0.3) is 0 Å². The lowest BCUT2D eigenvalue weighted by atomic mass is 10.6. The maximum atomic E-state index is 9.03. The summed E-state index contributed by atoms with van der Waals surface area (Å²) in [6.07, 6.45) is 1.79. The minimum Gasteiger partial charge on any atom is -0.503 e. The van der Waals surface area contributed by atoms with Crippen LogP contribution in [0.5, 0.6) is 5.75 Å². The molecule has 0 bridgehead atoms. The first-order valence-electron chi connectivity index (χ1n) is 2.61. The van der Waals surface area contributed by atoms with Gasteiger partial charge in [-0.3, -0.25) is 0 Å². The van der Waals surface area contributed by atoms with Gasteiger partial charge < -0.3 is 5.11 Å². The van der Waals surface area contributed by atoms with Crippen molar-refractivity contribution in [2.75, 3.05) is 6.26 Å². The number of rotatable bonds is 1. The summed E-state index contributed by atoms with van der Waals surface area (Å²) in [7, 11) is 0. The van der Waals surface area contributed by atoms with Crippen molar-refractivity contribution >= 4 is 35.0 Å². The first-order valence-corrected chi connectivity index (χ1v) is 4.59. The number of thioether (sulfide) groups is 1. The fourth-order valence-electron chi connectivity index (χ4n) is 0.475. The van der Waals surface area contributed by atoms with E-state index in [0.717, 1.165) is 0 Å². The molecule has 1 aromatic rings. The van der Waals surface area contributed by atoms with Crippen molar-refractivity contribution < 1.29 is 5.11 Å². The van der Waals surface area contributed by atoms with Gasteiger partial charge in [0.05, 0.1) is 0 Å². The summed E-state index contributed by atoms with van der Waals surface area (Å²) in [5.74, 6) is -0.272. The molecule has 0 saturated carbocycles. The van der Waals surface area contributed by atoms with Gasteiger partial charge in [-0.25, -0.2) is 9.97 Å². The lowest BCUT2D eigenvalue weighted by Crippen LogP contribution is -1.87. The van der Waals surface area contributed by atoms with Crippen LogP contribution in [0, 0.1) is 0 Å². The van der Waals surface area contributed by atoms with E-state index in [9.17, 15) is 0 Å². The molecule has 3 nitrogen and oxygen atoms in total. The van der Waals surface area contributed by atoms with Gasteiger partial charge in [-0.05, 0) is 6.26 Å². The summed E-state index contributed by atoms with van der Waals surface area (Å²) < 4.78 is 0. The molecule has 0 radical (unpaired) electrons. The SMILES string of the molecule is CSc1nc(Cl)c(O)c(Cl)n1. The summed E-state index contributed by atoms with van der Waals surface area (Å²) in [6.45, 7) is 0. The Morgan fingerprint density at radius 1 is 1.27 bits per heavy atom. The van der Waals surface area contributed by atoms with E-state index in [0.29, 0.717) is 5.16 Å². The lowest BCUT2D eigenvalue weighted by molar-refractivity contribution is 0.468. The smallest absolute Gasteiger partial charge is 0.191 e. The van der Waals surface area contributed by atoms with E-state index in [1.54, 1.807) is 6.26 Å². The molecule has 1 aromatic heterocycles. The van der Waals surface area contributed by atoms with Gasteiger partial charge in [0.15, 0.2) is 21.2 Å². The lowest BCUT2D eigenvalue weighted by Gasteiger charge is -1.99. The quantitative estimate of drug-likeness (QED) is 0.439. The predicted molar refractivity (Wildman–Crippen MR) is 45.5 cm³/mol. The Bertz CT molecular complexity index is 258. The van der Waals surface area contributed by atoms with Gasteiger partial charge in [0.2, 0.25) is 0 Å². The number of hydrogen-bond donors (Lipinski definition) is 1. The molecule has 6 heteroatoms. The van der Waals surface area contributed by atoms with Gasteiger partial charge in [-0.15, -0.1) is 0 Å². The van der Waals surface area contributed by atoms with E-state index in [2.05, 4.69) is 9.97 Å². The Labute approximate surface area is 77.8 Å². The largest absolute Gasteiger partial charge is 0.503 e. The highest BCUT2D eigenvalue weighted by molar-refractivity contribution is 7.98. The van der Waals surface area contributed by atoms with Crippen LogP contribution in [0.25, 0.3) is 0 Å². The van der Waals surface area contributed by atoms with Crippen LogP contribution in [0.15, 0.2) is 5.16 Å². The molecule has 0 atom stereocenters. The van der Waals surface area contributed by atoms with Crippen molar-refractivity contribution in [3.05, 3.63) is 10.3 Å². The third-order valence-electron chi connectivity index (χ3n) is 0.961. The van der Waals surface area contributed by atoms with Crippen LogP contribution in [0.1, 0.15) is 0 Å². The van der Waals surface area contributed by atoms with Crippen LogP contribution in [0.2, 0.25) is 10.3 Å². The zero-order chi connectivity index (χ0) is 8.43. The first kappa shape index (κ1) is 8.90. The molecule has 1 heterocycles. The van der Waals surface area contributed by atoms with Gasteiger partial charge in [0.1, 0.15) is 0 Å². The highest BCUT2D eigenvalue weighted by Gasteiger charge is 2.08. The molecule has 60 valence electrons. The molecule has 0 aliphatic carbocycles. The van der Waals surface area contributed by atoms with Crippen LogP contribution in [-0.4, -0.2) is 21.3 Å². The third-order valence-corrected chi connectivity index (χ3v) is 2.04. The minimum atomic E-state index is -0.272. The Morgan fingerprint density at radius 2 is 1.73 bits per heavy atom. The highest BCUT2D eigenvalue weighted by atomic mass is 35.5. The summed E-state index contributed by atoms with van der Waals surface area (Å²) in [5, 5.41) is 9.43. The monoisotopic (exact) mass is 210 g/mol. The second-order valence-electron chi connectivity index (χ2n) is 1.64. The van der Waals surface area contributed by atoms with Crippen molar-refractivity contribution in [1.82, 2.24) is 9.97 Å². The Hall–Kier alpha value is -0.190. The normalized spacial score (nSPS) is 10.1. The topological polar surface area (TPSA) is 46.0 Å². The Morgan fingerprint density at radius 3 is 2.09 bits per heavy atom. The Kier molecular flexibility index (Phi) is 2.81. The molecule has 0 spiro atoms. The number of hydrogen-bond acceptors (Lipinski definition) is 4. The zero-order valence-electron chi connectivity index (χ0n) is 5.51. The molecule has 0 saturated heterocycles. The summed E-state index contributed by atoms with van der Waals surface area (Å²) in [5.41, 5.74) is 0. The van der Waals surface area contributed by atoms with E-state index < -0.39 is 0 Å². The van der Waals surface area contributed by atoms with Crippen molar-refractivity contribution in [2.24, 2.45) is 0 Å². The summed E-state index contributed by atoms with van der Waals surface area (Å²) in [4.78, 5) is 7.47. The number of nitrogens with zero attached hydrogens (tertiary/aromatic N) is 2. The predicted octanol–water partition coefficient (Wildman–Crippen LogP) is 2.21. The molecule has 0 fully saturated rings. The van der Waals surface area contributed by atoms with Crippen molar-refractivity contribution in [3.63, 3.8) is 0 Å². The molecule has 1 N–H and O–H groups in total. The summed E-state index contributed by atoms with van der Waals surface area (Å²) >= 11 is 12.3.